The maximum absolute atomic E-state index is 12.3. The molecule has 0 N–H and O–H groups in total. The Morgan fingerprint density at radius 3 is 2.00 bits per heavy atom. The lowest BCUT2D eigenvalue weighted by molar-refractivity contribution is -0.113. The van der Waals surface area contributed by atoms with Crippen LogP contribution in [0.3, 0.4) is 0 Å². The summed E-state index contributed by atoms with van der Waals surface area (Å²) in [6.07, 6.45) is 2.32. The first-order valence-corrected chi connectivity index (χ1v) is 9.46. The second kappa shape index (κ2) is 5.95. The average molecular weight is 347 g/mol. The Kier molecular flexibility index (Phi) is 4.13. The molecule has 1 aliphatic rings. The Morgan fingerprint density at radius 2 is 1.43 bits per heavy atom. The maximum atomic E-state index is 12.3. The highest BCUT2D eigenvalue weighted by atomic mass is 35.5. The van der Waals surface area contributed by atoms with Crippen molar-refractivity contribution in [2.24, 2.45) is 0 Å². The third-order valence-electron chi connectivity index (χ3n) is 3.95. The van der Waals surface area contributed by atoms with Crippen LogP contribution in [0.15, 0.2) is 53.4 Å². The number of ketones is 1. The van der Waals surface area contributed by atoms with Crippen LogP contribution in [0, 0.1) is 0 Å². The van der Waals surface area contributed by atoms with Crippen LogP contribution in [-0.4, -0.2) is 20.5 Å². The standard InChI is InChI=1S/C18H15ClO3S/c1-23(21,22)15-8-4-12(5-9-15)16-10-11-17(20)18(16)13-2-6-14(19)7-3-13/h2-9H,10-11H2,1H3. The van der Waals surface area contributed by atoms with E-state index >= 15 is 0 Å². The second-order valence-corrected chi connectivity index (χ2v) is 8.03. The summed E-state index contributed by atoms with van der Waals surface area (Å²) in [6.45, 7) is 0. The van der Waals surface area contributed by atoms with Crippen molar-refractivity contribution in [1.82, 2.24) is 0 Å². The Morgan fingerprint density at radius 1 is 0.870 bits per heavy atom. The SMILES string of the molecule is CS(=O)(=O)c1ccc(C2=C(c3ccc(Cl)cc3)C(=O)CC2)cc1. The first-order chi connectivity index (χ1) is 10.9. The highest BCUT2D eigenvalue weighted by molar-refractivity contribution is 7.90. The average Bonchev–Trinajstić information content (AvgIpc) is 2.89. The smallest absolute Gasteiger partial charge is 0.175 e. The number of carbonyl (C=O) groups is 1. The van der Waals surface area contributed by atoms with Crippen LogP contribution in [0.1, 0.15) is 24.0 Å². The molecule has 0 fully saturated rings. The molecule has 0 bridgehead atoms. The molecule has 0 amide bonds. The van der Waals surface area contributed by atoms with E-state index in [0.29, 0.717) is 23.4 Å². The molecule has 23 heavy (non-hydrogen) atoms. The van der Waals surface area contributed by atoms with Gasteiger partial charge in [-0.2, -0.15) is 0 Å². The molecule has 0 saturated heterocycles. The van der Waals surface area contributed by atoms with Gasteiger partial charge in [-0.1, -0.05) is 35.9 Å². The summed E-state index contributed by atoms with van der Waals surface area (Å²) in [6, 6.07) is 13.9. The van der Waals surface area contributed by atoms with Gasteiger partial charge in [-0.15, -0.1) is 0 Å². The summed E-state index contributed by atoms with van der Waals surface area (Å²) in [5.74, 6) is 0.106. The van der Waals surface area contributed by atoms with Gasteiger partial charge in [-0.3, -0.25) is 4.79 Å². The van der Waals surface area contributed by atoms with Gasteiger partial charge in [0, 0.05) is 23.3 Å². The number of sulfone groups is 1. The van der Waals surface area contributed by atoms with E-state index in [1.54, 1.807) is 36.4 Å². The van der Waals surface area contributed by atoms with Crippen LogP contribution in [0.25, 0.3) is 11.1 Å². The van der Waals surface area contributed by atoms with Gasteiger partial charge < -0.3 is 0 Å². The second-order valence-electron chi connectivity index (χ2n) is 5.58. The van der Waals surface area contributed by atoms with Gasteiger partial charge >= 0.3 is 0 Å². The van der Waals surface area contributed by atoms with Gasteiger partial charge in [0.05, 0.1) is 4.90 Å². The highest BCUT2D eigenvalue weighted by Crippen LogP contribution is 2.38. The topological polar surface area (TPSA) is 51.2 Å². The molecule has 0 heterocycles. The minimum Gasteiger partial charge on any atom is -0.294 e. The number of allylic oxidation sites excluding steroid dienone is 2. The number of rotatable bonds is 3. The Labute approximate surface area is 140 Å². The summed E-state index contributed by atoms with van der Waals surface area (Å²) in [5, 5.41) is 0.624. The quantitative estimate of drug-likeness (QED) is 0.843. The van der Waals surface area contributed by atoms with Gasteiger partial charge in [-0.25, -0.2) is 8.42 Å². The minimum atomic E-state index is -3.22. The van der Waals surface area contributed by atoms with E-state index in [1.807, 2.05) is 12.1 Å². The van der Waals surface area contributed by atoms with E-state index in [1.165, 1.54) is 6.26 Å². The zero-order valence-corrected chi connectivity index (χ0v) is 14.1. The Bertz CT molecular complexity index is 892. The van der Waals surface area contributed by atoms with E-state index in [-0.39, 0.29) is 10.7 Å². The lowest BCUT2D eigenvalue weighted by atomic mass is 9.97. The molecule has 2 aromatic carbocycles. The zero-order valence-electron chi connectivity index (χ0n) is 12.5. The summed E-state index contributed by atoms with van der Waals surface area (Å²) < 4.78 is 23.1. The van der Waals surface area contributed by atoms with Gasteiger partial charge in [0.15, 0.2) is 15.6 Å². The third kappa shape index (κ3) is 3.23. The molecule has 0 spiro atoms. The van der Waals surface area contributed by atoms with Gasteiger partial charge in [-0.05, 0) is 47.4 Å². The molecule has 0 aliphatic heterocycles. The molecule has 1 aliphatic carbocycles. The summed E-state index contributed by atoms with van der Waals surface area (Å²) in [4.78, 5) is 12.6. The Balaban J connectivity index is 2.08. The normalized spacial score (nSPS) is 15.3. The van der Waals surface area contributed by atoms with Crippen LogP contribution >= 0.6 is 11.6 Å². The maximum Gasteiger partial charge on any atom is 0.175 e. The van der Waals surface area contributed by atoms with Crippen LogP contribution in [0.4, 0.5) is 0 Å². The molecule has 0 atom stereocenters. The molecule has 0 radical (unpaired) electrons. The molecule has 0 unspecified atom stereocenters. The molecule has 3 rings (SSSR count). The van der Waals surface area contributed by atoms with Gasteiger partial charge in [0.1, 0.15) is 0 Å². The summed E-state index contributed by atoms with van der Waals surface area (Å²) >= 11 is 5.91. The van der Waals surface area contributed by atoms with Crippen molar-refractivity contribution in [2.75, 3.05) is 6.26 Å². The van der Waals surface area contributed by atoms with Crippen molar-refractivity contribution in [1.29, 1.82) is 0 Å². The number of halogens is 1. The first kappa shape index (κ1) is 16.0. The number of hydrogen-bond acceptors (Lipinski definition) is 3. The van der Waals surface area contributed by atoms with Crippen molar-refractivity contribution >= 4 is 38.4 Å². The summed E-state index contributed by atoms with van der Waals surface area (Å²) in [5.41, 5.74) is 3.39. The minimum absolute atomic E-state index is 0.106. The number of Topliss-reactive ketones (excluding diaryl/α,β-unsaturated/α-hetero) is 1. The monoisotopic (exact) mass is 346 g/mol. The fourth-order valence-corrected chi connectivity index (χ4v) is 3.56. The fourth-order valence-electron chi connectivity index (χ4n) is 2.80. The lowest BCUT2D eigenvalue weighted by Crippen LogP contribution is -1.98. The molecule has 0 saturated carbocycles. The number of hydrogen-bond donors (Lipinski definition) is 0. The fraction of sp³-hybridized carbons (Fsp3) is 0.167. The zero-order chi connectivity index (χ0) is 16.6. The van der Waals surface area contributed by atoms with Crippen molar-refractivity contribution in [2.45, 2.75) is 17.7 Å². The van der Waals surface area contributed by atoms with E-state index < -0.39 is 9.84 Å². The largest absolute Gasteiger partial charge is 0.294 e. The molecule has 0 aromatic heterocycles. The van der Waals surface area contributed by atoms with Crippen LogP contribution in [0.2, 0.25) is 5.02 Å². The van der Waals surface area contributed by atoms with Crippen LogP contribution in [-0.2, 0) is 14.6 Å². The Hall–Kier alpha value is -1.91. The molecular formula is C18H15ClO3S. The van der Waals surface area contributed by atoms with Crippen molar-refractivity contribution in [3.05, 3.63) is 64.7 Å². The predicted molar refractivity (Wildman–Crippen MR) is 92.1 cm³/mol. The molecule has 118 valence electrons. The highest BCUT2D eigenvalue weighted by Gasteiger charge is 2.25. The molecule has 2 aromatic rings. The molecule has 5 heteroatoms. The third-order valence-corrected chi connectivity index (χ3v) is 5.33. The van der Waals surface area contributed by atoms with Crippen molar-refractivity contribution < 1.29 is 13.2 Å². The van der Waals surface area contributed by atoms with Crippen molar-refractivity contribution in [3.8, 4) is 0 Å². The molecular weight excluding hydrogens is 332 g/mol. The van der Waals surface area contributed by atoms with Gasteiger partial charge in [0.2, 0.25) is 0 Å². The van der Waals surface area contributed by atoms with E-state index in [0.717, 1.165) is 16.7 Å². The van der Waals surface area contributed by atoms with Gasteiger partial charge in [0.25, 0.3) is 0 Å². The van der Waals surface area contributed by atoms with E-state index in [4.69, 9.17) is 11.6 Å². The van der Waals surface area contributed by atoms with Crippen LogP contribution < -0.4 is 0 Å². The lowest BCUT2D eigenvalue weighted by Gasteiger charge is -2.08. The number of benzene rings is 2. The number of carbonyl (C=O) groups excluding carboxylic acids is 1. The van der Waals surface area contributed by atoms with E-state index in [9.17, 15) is 13.2 Å². The first-order valence-electron chi connectivity index (χ1n) is 7.19. The van der Waals surface area contributed by atoms with E-state index in [2.05, 4.69) is 0 Å². The summed E-state index contributed by atoms with van der Waals surface area (Å²) in [7, 11) is -3.22. The van der Waals surface area contributed by atoms with Crippen LogP contribution in [0.5, 0.6) is 0 Å². The molecule has 3 nitrogen and oxygen atoms in total. The van der Waals surface area contributed by atoms with Crippen molar-refractivity contribution in [3.63, 3.8) is 0 Å². The predicted octanol–water partition coefficient (Wildman–Crippen LogP) is 4.02.